The fourth-order valence-corrected chi connectivity index (χ4v) is 1.24. The molecule has 0 unspecified atom stereocenters. The van der Waals surface area contributed by atoms with E-state index in [4.69, 9.17) is 11.5 Å². The van der Waals surface area contributed by atoms with Crippen molar-refractivity contribution in [1.29, 1.82) is 0 Å². The van der Waals surface area contributed by atoms with Crippen LogP contribution in [0.1, 0.15) is 5.82 Å². The summed E-state index contributed by atoms with van der Waals surface area (Å²) < 4.78 is 0. The van der Waals surface area contributed by atoms with E-state index >= 15 is 0 Å². The first kappa shape index (κ1) is 7.94. The Kier molecular flexibility index (Phi) is 1.83. The first-order chi connectivity index (χ1) is 6.31. The van der Waals surface area contributed by atoms with Crippen molar-refractivity contribution in [2.24, 2.45) is 5.73 Å². The molecule has 0 aliphatic carbocycles. The summed E-state index contributed by atoms with van der Waals surface area (Å²) in [5, 5.41) is 0.875. The van der Waals surface area contributed by atoms with Crippen LogP contribution >= 0.6 is 0 Å². The summed E-state index contributed by atoms with van der Waals surface area (Å²) in [5.41, 5.74) is 12.0. The zero-order valence-corrected chi connectivity index (χ0v) is 7.07. The largest absolute Gasteiger partial charge is 0.383 e. The Bertz CT molecular complexity index is 439. The number of benzene rings is 1. The lowest BCUT2D eigenvalue weighted by molar-refractivity contribution is 0.931. The van der Waals surface area contributed by atoms with Crippen LogP contribution in [-0.2, 0) is 6.54 Å². The quantitative estimate of drug-likeness (QED) is 0.666. The van der Waals surface area contributed by atoms with Crippen LogP contribution in [-0.4, -0.2) is 9.97 Å². The summed E-state index contributed by atoms with van der Waals surface area (Å²) in [5.74, 6) is 1.07. The van der Waals surface area contributed by atoms with Gasteiger partial charge in [0, 0.05) is 5.39 Å². The Morgan fingerprint density at radius 3 is 2.69 bits per heavy atom. The molecule has 0 radical (unpaired) electrons. The Balaban J connectivity index is 2.77. The third-order valence-corrected chi connectivity index (χ3v) is 1.86. The summed E-state index contributed by atoms with van der Waals surface area (Å²) in [7, 11) is 0. The van der Waals surface area contributed by atoms with Crippen molar-refractivity contribution in [3.05, 3.63) is 30.1 Å². The molecule has 0 aliphatic heterocycles. The SMILES string of the molecule is NCc1nc(N)c2ccccc2n1. The molecule has 0 aliphatic rings. The maximum absolute atomic E-state index is 5.73. The predicted octanol–water partition coefficient (Wildman–Crippen LogP) is 0.671. The van der Waals surface area contributed by atoms with Gasteiger partial charge in [0.05, 0.1) is 12.1 Å². The molecule has 1 heterocycles. The van der Waals surface area contributed by atoms with E-state index in [0.717, 1.165) is 10.9 Å². The molecule has 13 heavy (non-hydrogen) atoms. The average Bonchev–Trinajstić information content (AvgIpc) is 2.18. The molecule has 4 N–H and O–H groups in total. The van der Waals surface area contributed by atoms with Gasteiger partial charge in [0.25, 0.3) is 0 Å². The number of hydrogen-bond acceptors (Lipinski definition) is 4. The van der Waals surface area contributed by atoms with E-state index in [0.29, 0.717) is 18.2 Å². The van der Waals surface area contributed by atoms with E-state index in [-0.39, 0.29) is 0 Å². The van der Waals surface area contributed by atoms with E-state index in [1.165, 1.54) is 0 Å². The Morgan fingerprint density at radius 2 is 1.92 bits per heavy atom. The van der Waals surface area contributed by atoms with Crippen molar-refractivity contribution in [2.45, 2.75) is 6.54 Å². The van der Waals surface area contributed by atoms with Crippen molar-refractivity contribution >= 4 is 16.7 Å². The standard InChI is InChI=1S/C9H10N4/c10-5-8-12-7-4-2-1-3-6(7)9(11)13-8/h1-4H,5,10H2,(H2,11,12,13). The van der Waals surface area contributed by atoms with E-state index in [9.17, 15) is 0 Å². The zero-order chi connectivity index (χ0) is 9.26. The summed E-state index contributed by atoms with van der Waals surface area (Å²) >= 11 is 0. The molecule has 66 valence electrons. The number of nitrogen functional groups attached to an aromatic ring is 1. The highest BCUT2D eigenvalue weighted by molar-refractivity contribution is 5.87. The van der Waals surface area contributed by atoms with Crippen LogP contribution in [0.4, 0.5) is 5.82 Å². The van der Waals surface area contributed by atoms with E-state index in [2.05, 4.69) is 9.97 Å². The van der Waals surface area contributed by atoms with Crippen LogP contribution in [0.3, 0.4) is 0 Å². The first-order valence-corrected chi connectivity index (χ1v) is 4.02. The van der Waals surface area contributed by atoms with Crippen LogP contribution in [0, 0.1) is 0 Å². The highest BCUT2D eigenvalue weighted by Crippen LogP contribution is 2.16. The van der Waals surface area contributed by atoms with E-state index in [1.807, 2.05) is 24.3 Å². The molecule has 0 spiro atoms. The average molecular weight is 174 g/mol. The molecule has 1 aromatic carbocycles. The predicted molar refractivity (Wildman–Crippen MR) is 51.8 cm³/mol. The summed E-state index contributed by atoms with van der Waals surface area (Å²) in [6.07, 6.45) is 0. The van der Waals surface area contributed by atoms with Crippen molar-refractivity contribution in [3.63, 3.8) is 0 Å². The number of nitrogens with two attached hydrogens (primary N) is 2. The van der Waals surface area contributed by atoms with Gasteiger partial charge < -0.3 is 11.5 Å². The molecule has 0 saturated carbocycles. The van der Waals surface area contributed by atoms with Crippen LogP contribution in [0.15, 0.2) is 24.3 Å². The minimum atomic E-state index is 0.315. The lowest BCUT2D eigenvalue weighted by Gasteiger charge is -2.02. The highest BCUT2D eigenvalue weighted by Gasteiger charge is 2.01. The van der Waals surface area contributed by atoms with Crippen molar-refractivity contribution in [1.82, 2.24) is 9.97 Å². The summed E-state index contributed by atoms with van der Waals surface area (Å²) in [6.45, 7) is 0.315. The fraction of sp³-hybridized carbons (Fsp3) is 0.111. The van der Waals surface area contributed by atoms with Crippen LogP contribution in [0.25, 0.3) is 10.9 Å². The van der Waals surface area contributed by atoms with Gasteiger partial charge in [-0.15, -0.1) is 0 Å². The molecular formula is C9H10N4. The van der Waals surface area contributed by atoms with Gasteiger partial charge >= 0.3 is 0 Å². The number of rotatable bonds is 1. The van der Waals surface area contributed by atoms with Crippen LogP contribution in [0.5, 0.6) is 0 Å². The highest BCUT2D eigenvalue weighted by atomic mass is 15.0. The first-order valence-electron chi connectivity index (χ1n) is 4.02. The van der Waals surface area contributed by atoms with Crippen molar-refractivity contribution in [2.75, 3.05) is 5.73 Å². The van der Waals surface area contributed by atoms with E-state index < -0.39 is 0 Å². The molecule has 4 nitrogen and oxygen atoms in total. The Labute approximate surface area is 75.6 Å². The molecule has 0 saturated heterocycles. The lowest BCUT2D eigenvalue weighted by Crippen LogP contribution is -2.05. The zero-order valence-electron chi connectivity index (χ0n) is 7.07. The number of anilines is 1. The minimum Gasteiger partial charge on any atom is -0.383 e. The topological polar surface area (TPSA) is 77.8 Å². The van der Waals surface area contributed by atoms with Crippen molar-refractivity contribution in [3.8, 4) is 0 Å². The maximum Gasteiger partial charge on any atom is 0.144 e. The minimum absolute atomic E-state index is 0.315. The fourth-order valence-electron chi connectivity index (χ4n) is 1.24. The third kappa shape index (κ3) is 1.31. The molecule has 4 heteroatoms. The summed E-state index contributed by atoms with van der Waals surface area (Å²) in [6, 6.07) is 7.61. The number of hydrogen-bond donors (Lipinski definition) is 2. The smallest absolute Gasteiger partial charge is 0.144 e. The number of aromatic nitrogens is 2. The van der Waals surface area contributed by atoms with Crippen LogP contribution < -0.4 is 11.5 Å². The van der Waals surface area contributed by atoms with Gasteiger partial charge in [-0.2, -0.15) is 0 Å². The van der Waals surface area contributed by atoms with Gasteiger partial charge in [0.1, 0.15) is 11.6 Å². The second-order valence-corrected chi connectivity index (χ2v) is 2.75. The molecule has 0 fully saturated rings. The number of para-hydroxylation sites is 1. The van der Waals surface area contributed by atoms with Gasteiger partial charge in [-0.25, -0.2) is 9.97 Å². The maximum atomic E-state index is 5.73. The number of nitrogens with zero attached hydrogens (tertiary/aromatic N) is 2. The van der Waals surface area contributed by atoms with Gasteiger partial charge in [-0.3, -0.25) is 0 Å². The third-order valence-electron chi connectivity index (χ3n) is 1.86. The molecule has 0 bridgehead atoms. The Morgan fingerprint density at radius 1 is 1.15 bits per heavy atom. The monoisotopic (exact) mass is 174 g/mol. The van der Waals surface area contributed by atoms with E-state index in [1.54, 1.807) is 0 Å². The number of fused-ring (bicyclic) bond motifs is 1. The molecule has 0 atom stereocenters. The Hall–Kier alpha value is -1.68. The van der Waals surface area contributed by atoms with Crippen LogP contribution in [0.2, 0.25) is 0 Å². The summed E-state index contributed by atoms with van der Waals surface area (Å²) in [4.78, 5) is 8.30. The van der Waals surface area contributed by atoms with Gasteiger partial charge in [0.2, 0.25) is 0 Å². The van der Waals surface area contributed by atoms with Gasteiger partial charge in [0.15, 0.2) is 0 Å². The molecule has 1 aromatic heterocycles. The second-order valence-electron chi connectivity index (χ2n) is 2.75. The lowest BCUT2D eigenvalue weighted by atomic mass is 10.2. The molecule has 0 amide bonds. The molecule has 2 rings (SSSR count). The molecule has 2 aromatic rings. The van der Waals surface area contributed by atoms with Gasteiger partial charge in [-0.1, -0.05) is 12.1 Å². The normalized spacial score (nSPS) is 10.5. The van der Waals surface area contributed by atoms with Crippen molar-refractivity contribution < 1.29 is 0 Å². The second kappa shape index (κ2) is 2.99. The van der Waals surface area contributed by atoms with Gasteiger partial charge in [-0.05, 0) is 12.1 Å². The molecular weight excluding hydrogens is 164 g/mol.